The molecule has 1 saturated heterocycles. The van der Waals surface area contributed by atoms with E-state index in [2.05, 4.69) is 14.9 Å². The van der Waals surface area contributed by atoms with Gasteiger partial charge >= 0.3 is 0 Å². The van der Waals surface area contributed by atoms with Crippen LogP contribution in [0.3, 0.4) is 0 Å². The SMILES string of the molecule is CCOc1ccccc1S(=O)(=O)N1Cc2cnc(N3CCOCC3)nc2C1. The summed E-state index contributed by atoms with van der Waals surface area (Å²) >= 11 is 0. The predicted molar refractivity (Wildman–Crippen MR) is 99.1 cm³/mol. The Morgan fingerprint density at radius 3 is 2.74 bits per heavy atom. The van der Waals surface area contributed by atoms with Crippen LogP contribution in [0, 0.1) is 0 Å². The monoisotopic (exact) mass is 390 g/mol. The standard InChI is InChI=1S/C18H22N4O4S/c1-2-26-16-5-3-4-6-17(16)27(23,24)22-12-14-11-19-18(20-15(14)13-22)21-7-9-25-10-8-21/h3-6,11H,2,7-10,12-13H2,1H3. The van der Waals surface area contributed by atoms with E-state index in [-0.39, 0.29) is 18.0 Å². The zero-order valence-corrected chi connectivity index (χ0v) is 16.0. The average Bonchev–Trinajstić information content (AvgIpc) is 3.13. The second-order valence-electron chi connectivity index (χ2n) is 6.39. The molecule has 144 valence electrons. The van der Waals surface area contributed by atoms with Crippen LogP contribution in [-0.2, 0) is 27.8 Å². The summed E-state index contributed by atoms with van der Waals surface area (Å²) in [4.78, 5) is 11.3. The van der Waals surface area contributed by atoms with Crippen LogP contribution in [0.5, 0.6) is 5.75 Å². The molecule has 1 aromatic heterocycles. The van der Waals surface area contributed by atoms with Crippen molar-refractivity contribution in [2.24, 2.45) is 0 Å². The van der Waals surface area contributed by atoms with Crippen LogP contribution in [0.2, 0.25) is 0 Å². The van der Waals surface area contributed by atoms with Crippen molar-refractivity contribution in [2.75, 3.05) is 37.8 Å². The van der Waals surface area contributed by atoms with Gasteiger partial charge in [-0.15, -0.1) is 0 Å². The number of hydrogen-bond donors (Lipinski definition) is 0. The number of benzene rings is 1. The van der Waals surface area contributed by atoms with Gasteiger partial charge in [0, 0.05) is 31.4 Å². The second-order valence-corrected chi connectivity index (χ2v) is 8.30. The highest BCUT2D eigenvalue weighted by Gasteiger charge is 2.34. The van der Waals surface area contributed by atoms with Gasteiger partial charge in [-0.05, 0) is 19.1 Å². The summed E-state index contributed by atoms with van der Waals surface area (Å²) in [6, 6.07) is 6.72. The van der Waals surface area contributed by atoms with Gasteiger partial charge in [-0.2, -0.15) is 4.31 Å². The Kier molecular flexibility index (Phi) is 4.98. The maximum absolute atomic E-state index is 13.2. The molecule has 0 unspecified atom stereocenters. The summed E-state index contributed by atoms with van der Waals surface area (Å²) < 4.78 is 38.6. The number of sulfonamides is 1. The largest absolute Gasteiger partial charge is 0.492 e. The molecule has 0 amide bonds. The lowest BCUT2D eigenvalue weighted by atomic mass is 10.3. The molecule has 9 heteroatoms. The second kappa shape index (κ2) is 7.41. The zero-order chi connectivity index (χ0) is 18.9. The zero-order valence-electron chi connectivity index (χ0n) is 15.2. The molecule has 0 spiro atoms. The maximum atomic E-state index is 13.2. The molecule has 3 heterocycles. The summed E-state index contributed by atoms with van der Waals surface area (Å²) in [6.45, 7) is 5.51. The third kappa shape index (κ3) is 3.50. The van der Waals surface area contributed by atoms with Crippen LogP contribution in [0.4, 0.5) is 5.95 Å². The molecule has 1 fully saturated rings. The highest BCUT2D eigenvalue weighted by Crippen LogP contribution is 2.32. The fourth-order valence-electron chi connectivity index (χ4n) is 3.28. The van der Waals surface area contributed by atoms with Gasteiger partial charge in [-0.3, -0.25) is 0 Å². The smallest absolute Gasteiger partial charge is 0.247 e. The Morgan fingerprint density at radius 1 is 1.19 bits per heavy atom. The average molecular weight is 390 g/mol. The van der Waals surface area contributed by atoms with Crippen molar-refractivity contribution >= 4 is 16.0 Å². The quantitative estimate of drug-likeness (QED) is 0.763. The molecule has 0 saturated carbocycles. The summed E-state index contributed by atoms with van der Waals surface area (Å²) in [5.41, 5.74) is 1.59. The maximum Gasteiger partial charge on any atom is 0.247 e. The van der Waals surface area contributed by atoms with Crippen LogP contribution < -0.4 is 9.64 Å². The van der Waals surface area contributed by atoms with Gasteiger partial charge in [0.05, 0.1) is 32.1 Å². The number of fused-ring (bicyclic) bond motifs is 1. The van der Waals surface area contributed by atoms with E-state index >= 15 is 0 Å². The summed E-state index contributed by atoms with van der Waals surface area (Å²) in [5, 5.41) is 0. The van der Waals surface area contributed by atoms with Gasteiger partial charge in [-0.1, -0.05) is 12.1 Å². The number of ether oxygens (including phenoxy) is 2. The van der Waals surface area contributed by atoms with Crippen molar-refractivity contribution in [1.82, 2.24) is 14.3 Å². The molecule has 0 radical (unpaired) electrons. The van der Waals surface area contributed by atoms with Crippen molar-refractivity contribution in [2.45, 2.75) is 24.9 Å². The fraction of sp³-hybridized carbons (Fsp3) is 0.444. The molecule has 8 nitrogen and oxygen atoms in total. The Hall–Kier alpha value is -2.23. The van der Waals surface area contributed by atoms with Crippen LogP contribution in [0.25, 0.3) is 0 Å². The van der Waals surface area contributed by atoms with E-state index in [1.165, 1.54) is 4.31 Å². The van der Waals surface area contributed by atoms with E-state index in [4.69, 9.17) is 9.47 Å². The first-order valence-electron chi connectivity index (χ1n) is 8.99. The van der Waals surface area contributed by atoms with E-state index in [9.17, 15) is 8.42 Å². The van der Waals surface area contributed by atoms with Crippen molar-refractivity contribution < 1.29 is 17.9 Å². The lowest BCUT2D eigenvalue weighted by molar-refractivity contribution is 0.122. The molecule has 2 aromatic rings. The van der Waals surface area contributed by atoms with Gasteiger partial charge < -0.3 is 14.4 Å². The number of nitrogens with zero attached hydrogens (tertiary/aromatic N) is 4. The van der Waals surface area contributed by atoms with Crippen molar-refractivity contribution in [3.63, 3.8) is 0 Å². The lowest BCUT2D eigenvalue weighted by Crippen LogP contribution is -2.37. The molecule has 27 heavy (non-hydrogen) atoms. The highest BCUT2D eigenvalue weighted by molar-refractivity contribution is 7.89. The first kappa shape index (κ1) is 18.1. The van der Waals surface area contributed by atoms with Gasteiger partial charge in [0.1, 0.15) is 10.6 Å². The molecular formula is C18H22N4O4S. The number of morpholine rings is 1. The van der Waals surface area contributed by atoms with Gasteiger partial charge in [0.2, 0.25) is 16.0 Å². The molecular weight excluding hydrogens is 368 g/mol. The molecule has 1 aromatic carbocycles. The minimum Gasteiger partial charge on any atom is -0.492 e. The molecule has 0 atom stereocenters. The van der Waals surface area contributed by atoms with Crippen LogP contribution in [0.1, 0.15) is 18.2 Å². The minimum absolute atomic E-state index is 0.181. The Balaban J connectivity index is 1.59. The molecule has 4 rings (SSSR count). The first-order chi connectivity index (χ1) is 13.1. The number of hydrogen-bond acceptors (Lipinski definition) is 7. The fourth-order valence-corrected chi connectivity index (χ4v) is 4.79. The van der Waals surface area contributed by atoms with Gasteiger partial charge in [-0.25, -0.2) is 18.4 Å². The summed E-state index contributed by atoms with van der Waals surface area (Å²) in [5.74, 6) is 1.00. The van der Waals surface area contributed by atoms with E-state index in [0.29, 0.717) is 31.5 Å². The molecule has 2 aliphatic heterocycles. The normalized spacial score (nSPS) is 17.7. The van der Waals surface area contributed by atoms with Crippen molar-refractivity contribution in [1.29, 1.82) is 0 Å². The molecule has 0 bridgehead atoms. The highest BCUT2D eigenvalue weighted by atomic mass is 32.2. The number of anilines is 1. The van der Waals surface area contributed by atoms with E-state index in [1.807, 2.05) is 6.92 Å². The van der Waals surface area contributed by atoms with Crippen LogP contribution >= 0.6 is 0 Å². The topological polar surface area (TPSA) is 84.9 Å². The third-order valence-electron chi connectivity index (χ3n) is 4.68. The summed E-state index contributed by atoms with van der Waals surface area (Å²) in [7, 11) is -3.69. The molecule has 0 N–H and O–H groups in total. The first-order valence-corrected chi connectivity index (χ1v) is 10.4. The van der Waals surface area contributed by atoms with Crippen LogP contribution in [0.15, 0.2) is 35.4 Å². The molecule has 2 aliphatic rings. The Morgan fingerprint density at radius 2 is 1.96 bits per heavy atom. The number of aromatic nitrogens is 2. The minimum atomic E-state index is -3.69. The van der Waals surface area contributed by atoms with Gasteiger partial charge in [0.25, 0.3) is 0 Å². The molecule has 0 aliphatic carbocycles. The van der Waals surface area contributed by atoms with Crippen molar-refractivity contribution in [3.05, 3.63) is 41.7 Å². The van der Waals surface area contributed by atoms with E-state index in [0.717, 1.165) is 24.3 Å². The van der Waals surface area contributed by atoms with Crippen LogP contribution in [-0.4, -0.2) is 55.6 Å². The van der Waals surface area contributed by atoms with Crippen molar-refractivity contribution in [3.8, 4) is 5.75 Å². The number of rotatable bonds is 5. The predicted octanol–water partition coefficient (Wildman–Crippen LogP) is 1.42. The van der Waals surface area contributed by atoms with Gasteiger partial charge in [0.15, 0.2) is 0 Å². The van der Waals surface area contributed by atoms with E-state index in [1.54, 1.807) is 30.5 Å². The summed E-state index contributed by atoms with van der Waals surface area (Å²) in [6.07, 6.45) is 1.73. The van der Waals surface area contributed by atoms with E-state index < -0.39 is 10.0 Å². The Labute approximate surface area is 158 Å². The lowest BCUT2D eigenvalue weighted by Gasteiger charge is -2.26. The number of para-hydroxylation sites is 1. The third-order valence-corrected chi connectivity index (χ3v) is 6.51. The Bertz CT molecular complexity index is 929.